The highest BCUT2D eigenvalue weighted by molar-refractivity contribution is 5.80. The van der Waals surface area contributed by atoms with Crippen molar-refractivity contribution in [3.8, 4) is 22.3 Å². The molecule has 0 bridgehead atoms. The standard InChI is InChI=1S/C29H29F3N4O3/c1-28(2,3)39-27(38)35-13-11-19(12-14-35)24-16-25(37)34-26-23(17-33-36(24)26)21-6-4-5-20(15-21)18-7-9-22(10-8-18)29(30,31)32/h4-10,15-17,19H,11-14H2,1-3H3,(H,34,37). The lowest BCUT2D eigenvalue weighted by molar-refractivity contribution is -0.137. The first-order chi connectivity index (χ1) is 18.4. The van der Waals surface area contributed by atoms with Crippen LogP contribution in [0.25, 0.3) is 27.9 Å². The fourth-order valence-corrected chi connectivity index (χ4v) is 4.92. The van der Waals surface area contributed by atoms with Crippen LogP contribution in [-0.4, -0.2) is 44.3 Å². The predicted octanol–water partition coefficient (Wildman–Crippen LogP) is 6.49. The minimum atomic E-state index is -4.40. The van der Waals surface area contributed by atoms with Crippen LogP contribution >= 0.6 is 0 Å². The molecule has 0 spiro atoms. The SMILES string of the molecule is CC(C)(C)OC(=O)N1CCC(c2cc(=O)[nH]c3c(-c4cccc(-c5ccc(C(F)(F)F)cc5)c4)cnn23)CC1. The Bertz CT molecular complexity index is 1560. The zero-order valence-corrected chi connectivity index (χ0v) is 21.9. The molecule has 0 unspecified atom stereocenters. The summed E-state index contributed by atoms with van der Waals surface area (Å²) in [5.41, 5.74) is 2.64. The monoisotopic (exact) mass is 538 g/mol. The predicted molar refractivity (Wildman–Crippen MR) is 141 cm³/mol. The number of carbonyl (C=O) groups excluding carboxylic acids is 1. The fraction of sp³-hybridized carbons (Fsp3) is 0.345. The smallest absolute Gasteiger partial charge is 0.416 e. The van der Waals surface area contributed by atoms with Crippen molar-refractivity contribution < 1.29 is 22.7 Å². The molecule has 0 radical (unpaired) electrons. The van der Waals surface area contributed by atoms with Crippen LogP contribution < -0.4 is 5.56 Å². The molecule has 1 aliphatic rings. The summed E-state index contributed by atoms with van der Waals surface area (Å²) in [4.78, 5) is 29.7. The number of H-pyrrole nitrogens is 1. The van der Waals surface area contributed by atoms with Gasteiger partial charge >= 0.3 is 12.3 Å². The number of ether oxygens (including phenoxy) is 1. The van der Waals surface area contributed by atoms with E-state index in [-0.39, 0.29) is 17.6 Å². The summed E-state index contributed by atoms with van der Waals surface area (Å²) in [7, 11) is 0. The summed E-state index contributed by atoms with van der Waals surface area (Å²) < 4.78 is 46.1. The zero-order chi connectivity index (χ0) is 27.9. The number of nitrogens with zero attached hydrogens (tertiary/aromatic N) is 3. The minimum Gasteiger partial charge on any atom is -0.444 e. The van der Waals surface area contributed by atoms with Crippen LogP contribution in [0.4, 0.5) is 18.0 Å². The number of aromatic nitrogens is 3. The maximum Gasteiger partial charge on any atom is 0.416 e. The molecular weight excluding hydrogens is 509 g/mol. The Morgan fingerprint density at radius 3 is 2.28 bits per heavy atom. The largest absolute Gasteiger partial charge is 0.444 e. The van der Waals surface area contributed by atoms with E-state index in [1.807, 2.05) is 45.0 Å². The van der Waals surface area contributed by atoms with E-state index >= 15 is 0 Å². The highest BCUT2D eigenvalue weighted by atomic mass is 19.4. The number of aromatic amines is 1. The van der Waals surface area contributed by atoms with Crippen LogP contribution in [0.5, 0.6) is 0 Å². The number of alkyl halides is 3. The molecule has 5 rings (SSSR count). The minimum absolute atomic E-state index is 0.0275. The molecule has 1 aliphatic heterocycles. The van der Waals surface area contributed by atoms with Crippen molar-refractivity contribution in [3.05, 3.63) is 82.4 Å². The summed E-state index contributed by atoms with van der Waals surface area (Å²) in [6.45, 7) is 6.52. The lowest BCUT2D eigenvalue weighted by atomic mass is 9.93. The highest BCUT2D eigenvalue weighted by Crippen LogP contribution is 2.34. The zero-order valence-electron chi connectivity index (χ0n) is 21.9. The number of rotatable bonds is 3. The summed E-state index contributed by atoms with van der Waals surface area (Å²) in [6.07, 6.45) is -1.73. The number of likely N-dealkylation sites (tertiary alicyclic amines) is 1. The van der Waals surface area contributed by atoms with Crippen molar-refractivity contribution in [2.45, 2.75) is 51.3 Å². The third-order valence-corrected chi connectivity index (χ3v) is 6.82. The van der Waals surface area contributed by atoms with Crippen molar-refractivity contribution in [2.75, 3.05) is 13.1 Å². The van der Waals surface area contributed by atoms with Gasteiger partial charge in [0, 0.05) is 30.6 Å². The molecule has 1 amide bonds. The van der Waals surface area contributed by atoms with Crippen LogP contribution in [-0.2, 0) is 10.9 Å². The van der Waals surface area contributed by atoms with Crippen LogP contribution in [0, 0.1) is 0 Å². The van der Waals surface area contributed by atoms with Crippen LogP contribution in [0.2, 0.25) is 0 Å². The number of piperidine rings is 1. The van der Waals surface area contributed by atoms with E-state index in [1.165, 1.54) is 12.1 Å². The van der Waals surface area contributed by atoms with Gasteiger partial charge in [-0.1, -0.05) is 30.3 Å². The summed E-state index contributed by atoms with van der Waals surface area (Å²) in [5, 5.41) is 4.57. The maximum absolute atomic E-state index is 13.0. The molecule has 10 heteroatoms. The molecule has 1 saturated heterocycles. The first-order valence-corrected chi connectivity index (χ1v) is 12.8. The number of hydrogen-bond donors (Lipinski definition) is 1. The third kappa shape index (κ3) is 5.69. The second-order valence-corrected chi connectivity index (χ2v) is 10.8. The fourth-order valence-electron chi connectivity index (χ4n) is 4.92. The molecular formula is C29H29F3N4O3. The number of halogens is 3. The molecule has 4 aromatic rings. The molecule has 0 atom stereocenters. The van der Waals surface area contributed by atoms with Gasteiger partial charge in [-0.2, -0.15) is 18.3 Å². The summed E-state index contributed by atoms with van der Waals surface area (Å²) in [5.74, 6) is 0.0275. The molecule has 1 N–H and O–H groups in total. The average molecular weight is 539 g/mol. The van der Waals surface area contributed by atoms with E-state index in [0.717, 1.165) is 29.0 Å². The molecule has 2 aromatic carbocycles. The van der Waals surface area contributed by atoms with Gasteiger partial charge in [0.25, 0.3) is 5.56 Å². The summed E-state index contributed by atoms with van der Waals surface area (Å²) >= 11 is 0. The van der Waals surface area contributed by atoms with E-state index in [4.69, 9.17) is 4.74 Å². The Morgan fingerprint density at radius 1 is 0.974 bits per heavy atom. The molecule has 3 heterocycles. The van der Waals surface area contributed by atoms with Gasteiger partial charge in [0.2, 0.25) is 0 Å². The van der Waals surface area contributed by atoms with E-state index < -0.39 is 17.3 Å². The van der Waals surface area contributed by atoms with Gasteiger partial charge in [-0.15, -0.1) is 0 Å². The second kappa shape index (κ2) is 9.91. The number of hydrogen-bond acceptors (Lipinski definition) is 4. The maximum atomic E-state index is 13.0. The van der Waals surface area contributed by atoms with Gasteiger partial charge in [-0.25, -0.2) is 9.31 Å². The van der Waals surface area contributed by atoms with Crippen molar-refractivity contribution in [2.24, 2.45) is 0 Å². The lowest BCUT2D eigenvalue weighted by Crippen LogP contribution is -2.41. The van der Waals surface area contributed by atoms with Gasteiger partial charge < -0.3 is 14.6 Å². The van der Waals surface area contributed by atoms with E-state index in [0.29, 0.717) is 42.7 Å². The Hall–Kier alpha value is -4.08. The van der Waals surface area contributed by atoms with E-state index in [2.05, 4.69) is 10.1 Å². The topological polar surface area (TPSA) is 79.7 Å². The Labute approximate surface area is 223 Å². The molecule has 2 aromatic heterocycles. The number of carbonyl (C=O) groups is 1. The van der Waals surface area contributed by atoms with Crippen LogP contribution in [0.1, 0.15) is 50.8 Å². The Balaban J connectivity index is 1.41. The van der Waals surface area contributed by atoms with Crippen molar-refractivity contribution in [1.29, 1.82) is 0 Å². The first kappa shape index (κ1) is 26.5. The van der Waals surface area contributed by atoms with Crippen molar-refractivity contribution in [3.63, 3.8) is 0 Å². The van der Waals surface area contributed by atoms with Gasteiger partial charge in [-0.05, 0) is 68.5 Å². The lowest BCUT2D eigenvalue weighted by Gasteiger charge is -2.33. The number of fused-ring (bicyclic) bond motifs is 1. The molecule has 0 aliphatic carbocycles. The molecule has 0 saturated carbocycles. The van der Waals surface area contributed by atoms with Gasteiger partial charge in [-0.3, -0.25) is 4.79 Å². The first-order valence-electron chi connectivity index (χ1n) is 12.8. The molecule has 7 nitrogen and oxygen atoms in total. The Morgan fingerprint density at radius 2 is 1.64 bits per heavy atom. The van der Waals surface area contributed by atoms with Crippen LogP contribution in [0.15, 0.2) is 65.6 Å². The molecule has 204 valence electrons. The number of benzene rings is 2. The molecule has 1 fully saturated rings. The van der Waals surface area contributed by atoms with Crippen molar-refractivity contribution >= 4 is 11.7 Å². The molecule has 39 heavy (non-hydrogen) atoms. The van der Waals surface area contributed by atoms with Crippen molar-refractivity contribution in [1.82, 2.24) is 19.5 Å². The van der Waals surface area contributed by atoms with Crippen LogP contribution in [0.3, 0.4) is 0 Å². The second-order valence-electron chi connectivity index (χ2n) is 10.8. The quantitative estimate of drug-likeness (QED) is 0.323. The van der Waals surface area contributed by atoms with Gasteiger partial charge in [0.05, 0.1) is 17.5 Å². The van der Waals surface area contributed by atoms with E-state index in [9.17, 15) is 22.8 Å². The number of nitrogens with one attached hydrogen (secondary N) is 1. The average Bonchev–Trinajstić information content (AvgIpc) is 3.31. The third-order valence-electron chi connectivity index (χ3n) is 6.82. The van der Waals surface area contributed by atoms with Gasteiger partial charge in [0.15, 0.2) is 0 Å². The van der Waals surface area contributed by atoms with Gasteiger partial charge in [0.1, 0.15) is 11.2 Å². The number of amides is 1. The highest BCUT2D eigenvalue weighted by Gasteiger charge is 2.31. The van der Waals surface area contributed by atoms with E-state index in [1.54, 1.807) is 21.7 Å². The summed E-state index contributed by atoms with van der Waals surface area (Å²) in [6, 6.07) is 14.0. The normalized spacial score (nSPS) is 15.1. The Kier molecular flexibility index (Phi) is 6.74.